The highest BCUT2D eigenvalue weighted by Gasteiger charge is 2.18. The molecular weight excluding hydrogens is 352 g/mol. The van der Waals surface area contributed by atoms with Gasteiger partial charge in [0.2, 0.25) is 10.0 Å². The van der Waals surface area contributed by atoms with Crippen LogP contribution in [0.1, 0.15) is 34.5 Å². The SMILES string of the molecule is COc1ccccc1[C@@H](C)NC(=O)c1ccc(C)c(N(C)S(C)(=O)=O)c1. The number of sulfonamides is 1. The van der Waals surface area contributed by atoms with E-state index in [-0.39, 0.29) is 11.9 Å². The molecule has 2 aromatic carbocycles. The summed E-state index contributed by atoms with van der Waals surface area (Å²) < 4.78 is 30.1. The van der Waals surface area contributed by atoms with Crippen LogP contribution in [0.2, 0.25) is 0 Å². The lowest BCUT2D eigenvalue weighted by molar-refractivity contribution is 0.0939. The smallest absolute Gasteiger partial charge is 0.251 e. The van der Waals surface area contributed by atoms with Crippen LogP contribution in [0.25, 0.3) is 0 Å². The number of aryl methyl sites for hydroxylation is 1. The van der Waals surface area contributed by atoms with Crippen LogP contribution in [-0.4, -0.2) is 34.7 Å². The number of para-hydroxylation sites is 1. The van der Waals surface area contributed by atoms with Crippen LogP contribution in [0.15, 0.2) is 42.5 Å². The van der Waals surface area contributed by atoms with Crippen LogP contribution in [0.5, 0.6) is 5.75 Å². The number of ether oxygens (including phenoxy) is 1. The van der Waals surface area contributed by atoms with Gasteiger partial charge >= 0.3 is 0 Å². The molecule has 0 aliphatic rings. The van der Waals surface area contributed by atoms with E-state index < -0.39 is 10.0 Å². The minimum atomic E-state index is -3.41. The second-order valence-corrected chi connectivity index (χ2v) is 8.18. The van der Waals surface area contributed by atoms with Crippen LogP contribution in [0.3, 0.4) is 0 Å². The van der Waals surface area contributed by atoms with E-state index in [0.717, 1.165) is 17.4 Å². The van der Waals surface area contributed by atoms with E-state index in [1.807, 2.05) is 31.2 Å². The number of nitrogens with zero attached hydrogens (tertiary/aromatic N) is 1. The zero-order valence-electron chi connectivity index (χ0n) is 15.6. The summed E-state index contributed by atoms with van der Waals surface area (Å²) in [5.41, 5.74) is 2.50. The number of anilines is 1. The average Bonchev–Trinajstić information content (AvgIpc) is 2.60. The molecule has 7 heteroatoms. The van der Waals surface area contributed by atoms with Crippen molar-refractivity contribution >= 4 is 21.6 Å². The van der Waals surface area contributed by atoms with E-state index in [4.69, 9.17) is 4.74 Å². The molecule has 26 heavy (non-hydrogen) atoms. The molecule has 2 aromatic rings. The highest BCUT2D eigenvalue weighted by atomic mass is 32.2. The van der Waals surface area contributed by atoms with Gasteiger partial charge in [-0.25, -0.2) is 8.42 Å². The number of carbonyl (C=O) groups excluding carboxylic acids is 1. The third-order valence-electron chi connectivity index (χ3n) is 4.26. The van der Waals surface area contributed by atoms with E-state index in [0.29, 0.717) is 17.0 Å². The standard InChI is InChI=1S/C19H24N2O4S/c1-13-10-11-15(12-17(13)21(3)26(5,23)24)19(22)20-14(2)16-8-6-7-9-18(16)25-4/h6-12,14H,1-5H3,(H,20,22)/t14-/m1/s1. The fourth-order valence-electron chi connectivity index (χ4n) is 2.65. The Labute approximate surface area is 154 Å². The molecule has 6 nitrogen and oxygen atoms in total. The van der Waals surface area contributed by atoms with Gasteiger partial charge in [0.15, 0.2) is 0 Å². The molecule has 0 heterocycles. The maximum absolute atomic E-state index is 12.6. The Bertz CT molecular complexity index is 910. The molecule has 0 aromatic heterocycles. The molecule has 0 saturated carbocycles. The predicted molar refractivity (Wildman–Crippen MR) is 103 cm³/mol. The number of methoxy groups -OCH3 is 1. The fourth-order valence-corrected chi connectivity index (χ4v) is 3.20. The number of nitrogens with one attached hydrogen (secondary N) is 1. The Morgan fingerprint density at radius 1 is 1.19 bits per heavy atom. The summed E-state index contributed by atoms with van der Waals surface area (Å²) in [4.78, 5) is 12.6. The number of benzene rings is 2. The summed E-state index contributed by atoms with van der Waals surface area (Å²) in [6, 6.07) is 12.2. The third kappa shape index (κ3) is 4.35. The molecule has 1 amide bonds. The van der Waals surface area contributed by atoms with Gasteiger partial charge in [0.05, 0.1) is 25.1 Å². The molecule has 1 N–H and O–H groups in total. The van der Waals surface area contributed by atoms with Gasteiger partial charge in [0.1, 0.15) is 5.75 Å². The van der Waals surface area contributed by atoms with Crippen molar-refractivity contribution in [2.45, 2.75) is 19.9 Å². The first kappa shape index (κ1) is 19.8. The second kappa shape index (κ2) is 7.78. The summed E-state index contributed by atoms with van der Waals surface area (Å²) in [6.07, 6.45) is 1.13. The first-order valence-corrected chi connectivity index (χ1v) is 9.98. The lowest BCUT2D eigenvalue weighted by atomic mass is 10.1. The molecule has 0 unspecified atom stereocenters. The first-order valence-electron chi connectivity index (χ1n) is 8.13. The van der Waals surface area contributed by atoms with Crippen molar-refractivity contribution in [1.29, 1.82) is 0 Å². The van der Waals surface area contributed by atoms with Crippen molar-refractivity contribution in [2.75, 3.05) is 24.7 Å². The van der Waals surface area contributed by atoms with Gasteiger partial charge in [-0.05, 0) is 37.6 Å². The van der Waals surface area contributed by atoms with E-state index in [2.05, 4.69) is 5.32 Å². The van der Waals surface area contributed by atoms with Crippen molar-refractivity contribution in [3.05, 3.63) is 59.2 Å². The number of hydrogen-bond acceptors (Lipinski definition) is 4. The Kier molecular flexibility index (Phi) is 5.92. The Morgan fingerprint density at radius 2 is 1.85 bits per heavy atom. The van der Waals surface area contributed by atoms with Crippen molar-refractivity contribution in [3.63, 3.8) is 0 Å². The maximum Gasteiger partial charge on any atom is 0.251 e. The van der Waals surface area contributed by atoms with Gasteiger partial charge in [-0.15, -0.1) is 0 Å². The van der Waals surface area contributed by atoms with Crippen molar-refractivity contribution < 1.29 is 17.9 Å². The van der Waals surface area contributed by atoms with Crippen molar-refractivity contribution in [1.82, 2.24) is 5.32 Å². The van der Waals surface area contributed by atoms with E-state index in [1.54, 1.807) is 32.2 Å². The predicted octanol–water partition coefficient (Wildman–Crippen LogP) is 2.89. The summed E-state index contributed by atoms with van der Waals surface area (Å²) in [5, 5.41) is 2.92. The summed E-state index contributed by atoms with van der Waals surface area (Å²) in [7, 11) is -0.358. The van der Waals surface area contributed by atoms with E-state index in [1.165, 1.54) is 11.4 Å². The third-order valence-corrected chi connectivity index (χ3v) is 5.45. The molecule has 0 saturated heterocycles. The highest BCUT2D eigenvalue weighted by Crippen LogP contribution is 2.26. The van der Waals surface area contributed by atoms with Crippen LogP contribution >= 0.6 is 0 Å². The fraction of sp³-hybridized carbons (Fsp3) is 0.316. The molecule has 0 radical (unpaired) electrons. The second-order valence-electron chi connectivity index (χ2n) is 6.17. The molecule has 2 rings (SSSR count). The first-order chi connectivity index (χ1) is 12.1. The molecule has 140 valence electrons. The topological polar surface area (TPSA) is 75.7 Å². The number of hydrogen-bond donors (Lipinski definition) is 1. The largest absolute Gasteiger partial charge is 0.496 e. The highest BCUT2D eigenvalue weighted by molar-refractivity contribution is 7.92. The number of rotatable bonds is 6. The summed E-state index contributed by atoms with van der Waals surface area (Å²) >= 11 is 0. The molecule has 0 fully saturated rings. The Morgan fingerprint density at radius 3 is 2.46 bits per heavy atom. The van der Waals surface area contributed by atoms with E-state index in [9.17, 15) is 13.2 Å². The van der Waals surface area contributed by atoms with Gasteiger partial charge in [-0.1, -0.05) is 24.3 Å². The van der Waals surface area contributed by atoms with Crippen LogP contribution in [0, 0.1) is 6.92 Å². The lowest BCUT2D eigenvalue weighted by Crippen LogP contribution is -2.28. The normalized spacial score (nSPS) is 12.3. The zero-order valence-corrected chi connectivity index (χ0v) is 16.4. The minimum absolute atomic E-state index is 0.268. The summed E-state index contributed by atoms with van der Waals surface area (Å²) in [6.45, 7) is 3.67. The van der Waals surface area contributed by atoms with Crippen molar-refractivity contribution in [2.24, 2.45) is 0 Å². The minimum Gasteiger partial charge on any atom is -0.496 e. The van der Waals surface area contributed by atoms with Gasteiger partial charge in [-0.2, -0.15) is 0 Å². The molecule has 0 aliphatic heterocycles. The molecule has 0 aliphatic carbocycles. The van der Waals surface area contributed by atoms with Gasteiger partial charge < -0.3 is 10.1 Å². The molecule has 1 atom stereocenters. The number of amides is 1. The maximum atomic E-state index is 12.6. The summed E-state index contributed by atoms with van der Waals surface area (Å²) in [5.74, 6) is 0.410. The molecule has 0 spiro atoms. The van der Waals surface area contributed by atoms with E-state index >= 15 is 0 Å². The quantitative estimate of drug-likeness (QED) is 0.841. The van der Waals surface area contributed by atoms with Gasteiger partial charge in [-0.3, -0.25) is 9.10 Å². The Balaban J connectivity index is 2.27. The monoisotopic (exact) mass is 376 g/mol. The Hall–Kier alpha value is -2.54. The number of carbonyl (C=O) groups is 1. The van der Waals surface area contributed by atoms with Gasteiger partial charge in [0.25, 0.3) is 5.91 Å². The van der Waals surface area contributed by atoms with Crippen molar-refractivity contribution in [3.8, 4) is 5.75 Å². The van der Waals surface area contributed by atoms with Crippen LogP contribution in [0.4, 0.5) is 5.69 Å². The van der Waals surface area contributed by atoms with Crippen LogP contribution < -0.4 is 14.4 Å². The lowest BCUT2D eigenvalue weighted by Gasteiger charge is -2.21. The molecular formula is C19H24N2O4S. The van der Waals surface area contributed by atoms with Gasteiger partial charge in [0, 0.05) is 18.2 Å². The zero-order chi connectivity index (χ0) is 19.5. The average molecular weight is 376 g/mol. The van der Waals surface area contributed by atoms with Crippen LogP contribution in [-0.2, 0) is 10.0 Å². The molecule has 0 bridgehead atoms.